The first kappa shape index (κ1) is 19.0. The van der Waals surface area contributed by atoms with Gasteiger partial charge in [0.2, 0.25) is 5.91 Å². The lowest BCUT2D eigenvalue weighted by atomic mass is 10.1. The smallest absolute Gasteiger partial charge is 0.226 e. The maximum absolute atomic E-state index is 12.1. The molecule has 2 aromatic carbocycles. The number of aromatic nitrogens is 1. The van der Waals surface area contributed by atoms with Gasteiger partial charge in [-0.1, -0.05) is 65.8 Å². The minimum atomic E-state index is 0.0143. The highest BCUT2D eigenvalue weighted by atomic mass is 35.5. The molecule has 0 spiro atoms. The predicted octanol–water partition coefficient (Wildman–Crippen LogP) is 4.99. The number of rotatable bonds is 8. The molecule has 1 heterocycles. The van der Waals surface area contributed by atoms with Gasteiger partial charge in [-0.15, -0.1) is 11.3 Å². The normalized spacial score (nSPS) is 10.7. The summed E-state index contributed by atoms with van der Waals surface area (Å²) in [7, 11) is 0. The Morgan fingerprint density at radius 3 is 2.62 bits per heavy atom. The third kappa shape index (κ3) is 6.16. The van der Waals surface area contributed by atoms with Crippen molar-refractivity contribution in [1.82, 2.24) is 10.3 Å². The molecule has 0 fully saturated rings. The Hall–Kier alpha value is -1.82. The maximum Gasteiger partial charge on any atom is 0.226 e. The first-order valence-corrected chi connectivity index (χ1v) is 10.6. The Morgan fingerprint density at radius 1 is 1.08 bits per heavy atom. The molecule has 26 heavy (non-hydrogen) atoms. The quantitative estimate of drug-likeness (QED) is 0.539. The lowest BCUT2D eigenvalue weighted by Crippen LogP contribution is -2.27. The number of nitrogens with zero attached hydrogens (tertiary/aromatic N) is 1. The molecule has 134 valence electrons. The number of hydrogen-bond donors (Lipinski definition) is 1. The topological polar surface area (TPSA) is 42.0 Å². The Bertz CT molecular complexity index is 835. The third-order valence-corrected chi connectivity index (χ3v) is 6.12. The number of halogens is 1. The molecule has 1 aromatic heterocycles. The summed E-state index contributed by atoms with van der Waals surface area (Å²) in [5.74, 6) is 0.855. The van der Waals surface area contributed by atoms with E-state index in [9.17, 15) is 4.79 Å². The number of hydrogen-bond acceptors (Lipinski definition) is 4. The van der Waals surface area contributed by atoms with Crippen LogP contribution in [0.5, 0.6) is 0 Å². The molecular weight excluding hydrogens is 384 g/mol. The number of amides is 1. The molecule has 1 N–H and O–H groups in total. The molecule has 0 bridgehead atoms. The van der Waals surface area contributed by atoms with Gasteiger partial charge in [-0.05, 0) is 29.7 Å². The molecule has 3 aromatic rings. The summed E-state index contributed by atoms with van der Waals surface area (Å²) < 4.78 is 0.979. The Balaban J connectivity index is 1.41. The van der Waals surface area contributed by atoms with Crippen LogP contribution in [0.3, 0.4) is 0 Å². The zero-order valence-corrected chi connectivity index (χ0v) is 16.5. The average Bonchev–Trinajstić information content (AvgIpc) is 3.09. The van der Waals surface area contributed by atoms with Gasteiger partial charge in [-0.3, -0.25) is 4.79 Å². The van der Waals surface area contributed by atoms with Crippen LogP contribution < -0.4 is 5.32 Å². The van der Waals surface area contributed by atoms with Crippen molar-refractivity contribution in [2.75, 3.05) is 6.54 Å². The van der Waals surface area contributed by atoms with Crippen LogP contribution in [-0.4, -0.2) is 17.4 Å². The highest BCUT2D eigenvalue weighted by molar-refractivity contribution is 8.00. The number of carbonyl (C=O) groups excluding carboxylic acids is 1. The van der Waals surface area contributed by atoms with E-state index < -0.39 is 0 Å². The van der Waals surface area contributed by atoms with Crippen LogP contribution in [0, 0.1) is 0 Å². The van der Waals surface area contributed by atoms with E-state index in [0.717, 1.165) is 27.2 Å². The van der Waals surface area contributed by atoms with Crippen LogP contribution in [0.4, 0.5) is 0 Å². The van der Waals surface area contributed by atoms with Crippen LogP contribution in [0.2, 0.25) is 5.02 Å². The van der Waals surface area contributed by atoms with Crippen LogP contribution in [0.25, 0.3) is 0 Å². The van der Waals surface area contributed by atoms with Gasteiger partial charge in [-0.2, -0.15) is 0 Å². The number of thiazole rings is 1. The number of benzene rings is 2. The van der Waals surface area contributed by atoms with E-state index in [4.69, 9.17) is 11.6 Å². The maximum atomic E-state index is 12.1. The molecule has 0 radical (unpaired) electrons. The summed E-state index contributed by atoms with van der Waals surface area (Å²) >= 11 is 9.15. The van der Waals surface area contributed by atoms with Gasteiger partial charge in [0.1, 0.15) is 4.34 Å². The summed E-state index contributed by atoms with van der Waals surface area (Å²) in [4.78, 5) is 16.6. The fourth-order valence-electron chi connectivity index (χ4n) is 2.38. The second kappa shape index (κ2) is 9.76. The lowest BCUT2D eigenvalue weighted by molar-refractivity contribution is -0.120. The largest absolute Gasteiger partial charge is 0.355 e. The van der Waals surface area contributed by atoms with Crippen molar-refractivity contribution in [3.63, 3.8) is 0 Å². The van der Waals surface area contributed by atoms with Gasteiger partial charge in [-0.25, -0.2) is 4.98 Å². The van der Waals surface area contributed by atoms with Crippen LogP contribution in [0.15, 0.2) is 64.3 Å². The Labute approximate surface area is 166 Å². The number of carbonyl (C=O) groups is 1. The standard InChI is InChI=1S/C20H19ClN2OS2/c21-17-8-6-16(7-9-17)13-25-20-23-18(14-26-20)12-19(24)22-11-10-15-4-2-1-3-5-15/h1-9,14H,10-13H2,(H,22,24). The van der Waals surface area contributed by atoms with Crippen molar-refractivity contribution in [3.8, 4) is 0 Å². The zero-order chi connectivity index (χ0) is 18.2. The van der Waals surface area contributed by atoms with Crippen molar-refractivity contribution in [3.05, 3.63) is 81.8 Å². The second-order valence-corrected chi connectivity index (χ2v) is 8.30. The first-order valence-electron chi connectivity index (χ1n) is 8.31. The van der Waals surface area contributed by atoms with E-state index in [1.165, 1.54) is 11.1 Å². The fourth-order valence-corrected chi connectivity index (χ4v) is 4.31. The summed E-state index contributed by atoms with van der Waals surface area (Å²) in [6.45, 7) is 0.644. The van der Waals surface area contributed by atoms with Crippen molar-refractivity contribution in [2.24, 2.45) is 0 Å². The van der Waals surface area contributed by atoms with Crippen molar-refractivity contribution >= 4 is 40.6 Å². The predicted molar refractivity (Wildman–Crippen MR) is 110 cm³/mol. The van der Waals surface area contributed by atoms with Crippen LogP contribution >= 0.6 is 34.7 Å². The van der Waals surface area contributed by atoms with E-state index in [-0.39, 0.29) is 5.91 Å². The van der Waals surface area contributed by atoms with Gasteiger partial charge in [0, 0.05) is 22.7 Å². The second-order valence-electron chi connectivity index (χ2n) is 5.78. The van der Waals surface area contributed by atoms with Crippen molar-refractivity contribution < 1.29 is 4.79 Å². The first-order chi connectivity index (χ1) is 12.7. The van der Waals surface area contributed by atoms with Crippen molar-refractivity contribution in [1.29, 1.82) is 0 Å². The molecule has 0 atom stereocenters. The fraction of sp³-hybridized carbons (Fsp3) is 0.200. The zero-order valence-electron chi connectivity index (χ0n) is 14.2. The Kier molecular flexibility index (Phi) is 7.12. The molecule has 0 unspecified atom stereocenters. The molecule has 6 heteroatoms. The van der Waals surface area contributed by atoms with E-state index in [1.807, 2.05) is 47.8 Å². The Morgan fingerprint density at radius 2 is 1.85 bits per heavy atom. The van der Waals surface area contributed by atoms with E-state index in [2.05, 4.69) is 22.4 Å². The van der Waals surface area contributed by atoms with Crippen LogP contribution in [-0.2, 0) is 23.4 Å². The minimum absolute atomic E-state index is 0.0143. The van der Waals surface area contributed by atoms with E-state index in [0.29, 0.717) is 13.0 Å². The van der Waals surface area contributed by atoms with Gasteiger partial charge >= 0.3 is 0 Å². The highest BCUT2D eigenvalue weighted by Crippen LogP contribution is 2.26. The molecule has 0 saturated carbocycles. The number of thioether (sulfide) groups is 1. The van der Waals surface area contributed by atoms with Gasteiger partial charge in [0.05, 0.1) is 12.1 Å². The SMILES string of the molecule is O=C(Cc1csc(SCc2ccc(Cl)cc2)n1)NCCc1ccccc1. The summed E-state index contributed by atoms with van der Waals surface area (Å²) in [5, 5.41) is 5.66. The van der Waals surface area contributed by atoms with Gasteiger partial charge in [0.25, 0.3) is 0 Å². The third-order valence-electron chi connectivity index (χ3n) is 3.73. The molecule has 0 saturated heterocycles. The molecule has 3 nitrogen and oxygen atoms in total. The molecule has 0 aliphatic carbocycles. The molecular formula is C20H19ClN2OS2. The number of nitrogens with one attached hydrogen (secondary N) is 1. The van der Waals surface area contributed by atoms with Gasteiger partial charge in [0.15, 0.2) is 0 Å². The monoisotopic (exact) mass is 402 g/mol. The molecule has 3 rings (SSSR count). The van der Waals surface area contributed by atoms with Crippen molar-refractivity contribution in [2.45, 2.75) is 22.9 Å². The minimum Gasteiger partial charge on any atom is -0.355 e. The summed E-state index contributed by atoms with van der Waals surface area (Å²) in [6.07, 6.45) is 1.17. The lowest BCUT2D eigenvalue weighted by Gasteiger charge is -2.04. The molecule has 1 amide bonds. The highest BCUT2D eigenvalue weighted by Gasteiger charge is 2.08. The van der Waals surface area contributed by atoms with E-state index in [1.54, 1.807) is 23.1 Å². The summed E-state index contributed by atoms with van der Waals surface area (Å²) in [5.41, 5.74) is 3.25. The van der Waals surface area contributed by atoms with Crippen LogP contribution in [0.1, 0.15) is 16.8 Å². The van der Waals surface area contributed by atoms with Gasteiger partial charge < -0.3 is 5.32 Å². The molecule has 0 aliphatic heterocycles. The molecule has 0 aliphatic rings. The average molecular weight is 403 g/mol. The van der Waals surface area contributed by atoms with E-state index >= 15 is 0 Å². The summed E-state index contributed by atoms with van der Waals surface area (Å²) in [6, 6.07) is 18.0.